The van der Waals surface area contributed by atoms with Crippen LogP contribution < -0.4 is 20.1 Å². The molecule has 12 heteroatoms. The van der Waals surface area contributed by atoms with Crippen molar-refractivity contribution in [2.24, 2.45) is 0 Å². The minimum absolute atomic E-state index is 0.0973. The van der Waals surface area contributed by atoms with Crippen LogP contribution in [0.3, 0.4) is 0 Å². The Balaban J connectivity index is 1.28. The first-order valence-corrected chi connectivity index (χ1v) is 15.1. The van der Waals surface area contributed by atoms with Crippen molar-refractivity contribution in [3.63, 3.8) is 0 Å². The van der Waals surface area contributed by atoms with E-state index in [2.05, 4.69) is 20.7 Å². The summed E-state index contributed by atoms with van der Waals surface area (Å²) in [6, 6.07) is 17.4. The van der Waals surface area contributed by atoms with Gasteiger partial charge in [0.1, 0.15) is 0 Å². The number of pyridine rings is 2. The number of fused-ring (bicyclic) bond motifs is 1. The van der Waals surface area contributed by atoms with Crippen molar-refractivity contribution in [2.75, 3.05) is 20.8 Å². The largest absolute Gasteiger partial charge is 0.481 e. The zero-order valence-corrected chi connectivity index (χ0v) is 26.2. The fraction of sp³-hybridized carbons (Fsp3) is 0.242. The number of nitrogens with one attached hydrogen (secondary N) is 2. The SMILES string of the molecule is COc1nc(Cn2ncc3c(-c4cccc(-c5ccc(CNC[C@@H]6CCC(=O)N6)c(OC)n5)c4Cl)cccc32)c(Cl)cc1C=O. The first-order chi connectivity index (χ1) is 21.9. The molecule has 0 aliphatic carbocycles. The van der Waals surface area contributed by atoms with Gasteiger partial charge in [0.25, 0.3) is 0 Å². The third-order valence-corrected chi connectivity index (χ3v) is 8.57. The van der Waals surface area contributed by atoms with Gasteiger partial charge in [-0.3, -0.25) is 14.3 Å². The molecule has 1 saturated heterocycles. The van der Waals surface area contributed by atoms with E-state index in [9.17, 15) is 9.59 Å². The summed E-state index contributed by atoms with van der Waals surface area (Å²) in [5.41, 5.74) is 5.76. The summed E-state index contributed by atoms with van der Waals surface area (Å²) in [7, 11) is 3.05. The standard InChI is InChI=1S/C33H30Cl2N6O4/c1-44-32-19(14-36-15-21-10-12-30(43)38-21)9-11-27(39-32)24-7-3-6-23(31(24)35)22-5-4-8-29-25(22)16-37-41(29)17-28-26(34)13-20(18-42)33(40-28)45-2/h3-9,11,13,16,18,21,36H,10,12,14-15,17H2,1-2H3,(H,38,43)/t21-/m0/s1. The number of ether oxygens (including phenoxy) is 2. The van der Waals surface area contributed by atoms with Crippen molar-refractivity contribution in [2.45, 2.75) is 32.0 Å². The Bertz CT molecular complexity index is 1910. The van der Waals surface area contributed by atoms with Crippen molar-refractivity contribution < 1.29 is 19.1 Å². The molecule has 1 aliphatic heterocycles. The highest BCUT2D eigenvalue weighted by molar-refractivity contribution is 6.36. The Morgan fingerprint density at radius 1 is 1.02 bits per heavy atom. The number of carbonyl (C=O) groups is 2. The predicted octanol–water partition coefficient (Wildman–Crippen LogP) is 5.71. The number of benzene rings is 2. The van der Waals surface area contributed by atoms with Gasteiger partial charge in [-0.15, -0.1) is 0 Å². The lowest BCUT2D eigenvalue weighted by molar-refractivity contribution is -0.119. The zero-order valence-electron chi connectivity index (χ0n) is 24.6. The van der Waals surface area contributed by atoms with Gasteiger partial charge in [0, 0.05) is 47.6 Å². The number of aromatic nitrogens is 4. The fourth-order valence-electron chi connectivity index (χ4n) is 5.57. The van der Waals surface area contributed by atoms with Crippen LogP contribution in [0.15, 0.2) is 60.8 Å². The Morgan fingerprint density at radius 2 is 1.80 bits per heavy atom. The first-order valence-electron chi connectivity index (χ1n) is 14.4. The molecule has 2 N–H and O–H groups in total. The molecule has 1 atom stereocenters. The number of halogens is 2. The molecule has 6 rings (SSSR count). The summed E-state index contributed by atoms with van der Waals surface area (Å²) in [4.78, 5) is 32.1. The number of hydrogen-bond donors (Lipinski definition) is 2. The van der Waals surface area contributed by atoms with Crippen LogP contribution in [-0.4, -0.2) is 58.7 Å². The molecule has 1 fully saturated rings. The van der Waals surface area contributed by atoms with Crippen LogP contribution in [0.4, 0.5) is 0 Å². The number of rotatable bonds is 11. The Labute approximate surface area is 269 Å². The molecule has 0 bridgehead atoms. The minimum atomic E-state index is 0.0973. The summed E-state index contributed by atoms with van der Waals surface area (Å²) >= 11 is 13.5. The fourth-order valence-corrected chi connectivity index (χ4v) is 6.11. The number of carbonyl (C=O) groups excluding carboxylic acids is 2. The number of aldehydes is 1. The molecule has 0 spiro atoms. The van der Waals surface area contributed by atoms with Crippen molar-refractivity contribution >= 4 is 46.3 Å². The van der Waals surface area contributed by atoms with Crippen molar-refractivity contribution in [3.05, 3.63) is 87.7 Å². The lowest BCUT2D eigenvalue weighted by atomic mass is 9.98. The normalized spacial score (nSPS) is 14.5. The molecule has 3 aromatic heterocycles. The average Bonchev–Trinajstić information content (AvgIpc) is 3.67. The van der Waals surface area contributed by atoms with Gasteiger partial charge in [0.2, 0.25) is 17.7 Å². The third kappa shape index (κ3) is 6.22. The van der Waals surface area contributed by atoms with Crippen molar-refractivity contribution in [3.8, 4) is 34.1 Å². The molecule has 0 radical (unpaired) electrons. The number of nitrogens with zero attached hydrogens (tertiary/aromatic N) is 4. The van der Waals surface area contributed by atoms with Gasteiger partial charge in [-0.2, -0.15) is 5.10 Å². The second kappa shape index (κ2) is 13.2. The van der Waals surface area contributed by atoms with Crippen LogP contribution in [0.1, 0.15) is 34.5 Å². The smallest absolute Gasteiger partial charge is 0.224 e. The molecule has 230 valence electrons. The van der Waals surface area contributed by atoms with Gasteiger partial charge in [-0.05, 0) is 30.2 Å². The summed E-state index contributed by atoms with van der Waals surface area (Å²) in [6.07, 6.45) is 3.86. The molecule has 5 aromatic rings. The Morgan fingerprint density at radius 3 is 2.56 bits per heavy atom. The van der Waals surface area contributed by atoms with E-state index in [1.54, 1.807) is 24.1 Å². The van der Waals surface area contributed by atoms with E-state index in [1.807, 2.05) is 48.5 Å². The minimum Gasteiger partial charge on any atom is -0.481 e. The van der Waals surface area contributed by atoms with Crippen LogP contribution in [-0.2, 0) is 17.9 Å². The van der Waals surface area contributed by atoms with E-state index in [0.29, 0.717) is 53.1 Å². The van der Waals surface area contributed by atoms with Gasteiger partial charge in [0.05, 0.1) is 59.5 Å². The number of amides is 1. The van der Waals surface area contributed by atoms with Crippen LogP contribution in [0.25, 0.3) is 33.3 Å². The molecular formula is C33H30Cl2N6O4. The second-order valence-corrected chi connectivity index (χ2v) is 11.4. The lowest BCUT2D eigenvalue weighted by Crippen LogP contribution is -2.35. The van der Waals surface area contributed by atoms with E-state index in [1.165, 1.54) is 7.11 Å². The number of hydrogen-bond acceptors (Lipinski definition) is 8. The maximum absolute atomic E-state index is 11.5. The highest BCUT2D eigenvalue weighted by Crippen LogP contribution is 2.39. The number of methoxy groups -OCH3 is 2. The Kier molecular flexibility index (Phi) is 8.97. The quantitative estimate of drug-likeness (QED) is 0.175. The van der Waals surface area contributed by atoms with E-state index in [-0.39, 0.29) is 29.9 Å². The maximum atomic E-state index is 11.5. The summed E-state index contributed by atoms with van der Waals surface area (Å²) in [5.74, 6) is 0.809. The molecule has 1 amide bonds. The van der Waals surface area contributed by atoms with Crippen molar-refractivity contribution in [1.82, 2.24) is 30.4 Å². The second-order valence-electron chi connectivity index (χ2n) is 10.6. The topological polar surface area (TPSA) is 120 Å². The lowest BCUT2D eigenvalue weighted by Gasteiger charge is -2.15. The van der Waals surface area contributed by atoms with Gasteiger partial charge in [-0.25, -0.2) is 9.97 Å². The predicted molar refractivity (Wildman–Crippen MR) is 173 cm³/mol. The third-order valence-electron chi connectivity index (χ3n) is 7.84. The monoisotopic (exact) mass is 644 g/mol. The van der Waals surface area contributed by atoms with Crippen LogP contribution in [0.2, 0.25) is 10.0 Å². The molecule has 4 heterocycles. The summed E-state index contributed by atoms with van der Waals surface area (Å²) < 4.78 is 12.7. The summed E-state index contributed by atoms with van der Waals surface area (Å²) in [6.45, 7) is 1.50. The van der Waals surface area contributed by atoms with Gasteiger partial charge in [0.15, 0.2) is 6.29 Å². The van der Waals surface area contributed by atoms with Crippen LogP contribution in [0, 0.1) is 0 Å². The highest BCUT2D eigenvalue weighted by atomic mass is 35.5. The highest BCUT2D eigenvalue weighted by Gasteiger charge is 2.21. The van der Waals surface area contributed by atoms with Gasteiger partial charge >= 0.3 is 0 Å². The maximum Gasteiger partial charge on any atom is 0.224 e. The zero-order chi connectivity index (χ0) is 31.5. The van der Waals surface area contributed by atoms with Crippen molar-refractivity contribution in [1.29, 1.82) is 0 Å². The molecule has 1 aliphatic rings. The molecule has 0 unspecified atom stereocenters. The van der Waals surface area contributed by atoms with E-state index in [0.717, 1.165) is 39.6 Å². The molecule has 2 aromatic carbocycles. The van der Waals surface area contributed by atoms with Gasteiger partial charge < -0.3 is 20.1 Å². The average molecular weight is 646 g/mol. The molecule has 10 nitrogen and oxygen atoms in total. The first kappa shape index (κ1) is 30.5. The van der Waals surface area contributed by atoms with E-state index >= 15 is 0 Å². The van der Waals surface area contributed by atoms with E-state index < -0.39 is 0 Å². The van der Waals surface area contributed by atoms with Crippen LogP contribution in [0.5, 0.6) is 11.8 Å². The Hall–Kier alpha value is -4.51. The molecule has 45 heavy (non-hydrogen) atoms. The molecular weight excluding hydrogens is 615 g/mol. The molecule has 0 saturated carbocycles. The van der Waals surface area contributed by atoms with Crippen LogP contribution >= 0.6 is 23.2 Å². The van der Waals surface area contributed by atoms with E-state index in [4.69, 9.17) is 37.7 Å². The summed E-state index contributed by atoms with van der Waals surface area (Å²) in [5, 5.41) is 12.8. The van der Waals surface area contributed by atoms with Gasteiger partial charge in [-0.1, -0.05) is 59.6 Å².